The number of nitrogens with zero attached hydrogens (tertiary/aromatic N) is 2. The SMILES string of the molecule is C[C@H]1CN(C)[C@H](CC(=O)O)CN1Cc1ccccc1. The van der Waals surface area contributed by atoms with E-state index >= 15 is 0 Å². The molecule has 104 valence electrons. The summed E-state index contributed by atoms with van der Waals surface area (Å²) in [6.07, 6.45) is 0.217. The molecule has 0 bridgehead atoms. The molecule has 0 amide bonds. The van der Waals surface area contributed by atoms with E-state index in [0.717, 1.165) is 19.6 Å². The predicted molar refractivity (Wildman–Crippen MR) is 75.0 cm³/mol. The molecule has 4 nitrogen and oxygen atoms in total. The van der Waals surface area contributed by atoms with Crippen LogP contribution in [0, 0.1) is 0 Å². The second kappa shape index (κ2) is 6.17. The molecule has 1 aliphatic heterocycles. The molecule has 1 aliphatic rings. The highest BCUT2D eigenvalue weighted by Gasteiger charge is 2.30. The average molecular weight is 262 g/mol. The number of hydrogen-bond acceptors (Lipinski definition) is 3. The van der Waals surface area contributed by atoms with Crippen LogP contribution in [0.5, 0.6) is 0 Å². The van der Waals surface area contributed by atoms with E-state index in [1.807, 2.05) is 25.2 Å². The second-order valence-electron chi connectivity index (χ2n) is 5.46. The molecule has 1 fully saturated rings. The molecule has 0 saturated carbocycles. The molecule has 1 aromatic rings. The number of hydrogen-bond donors (Lipinski definition) is 1. The summed E-state index contributed by atoms with van der Waals surface area (Å²) in [5.74, 6) is -0.717. The molecule has 1 saturated heterocycles. The van der Waals surface area contributed by atoms with Gasteiger partial charge in [-0.05, 0) is 19.5 Å². The van der Waals surface area contributed by atoms with Gasteiger partial charge in [0.15, 0.2) is 0 Å². The second-order valence-corrected chi connectivity index (χ2v) is 5.46. The third kappa shape index (κ3) is 3.78. The van der Waals surface area contributed by atoms with Crippen molar-refractivity contribution in [3.05, 3.63) is 35.9 Å². The van der Waals surface area contributed by atoms with Crippen molar-refractivity contribution in [2.24, 2.45) is 0 Å². The Bertz CT molecular complexity index is 421. The van der Waals surface area contributed by atoms with Crippen LogP contribution in [0.3, 0.4) is 0 Å². The van der Waals surface area contributed by atoms with E-state index in [1.165, 1.54) is 5.56 Å². The fourth-order valence-corrected chi connectivity index (χ4v) is 2.73. The number of benzene rings is 1. The first-order valence-electron chi connectivity index (χ1n) is 6.76. The molecule has 2 rings (SSSR count). The molecule has 0 aliphatic carbocycles. The van der Waals surface area contributed by atoms with Gasteiger partial charge in [-0.2, -0.15) is 0 Å². The number of piperazine rings is 1. The maximum absolute atomic E-state index is 10.9. The third-order valence-electron chi connectivity index (χ3n) is 3.88. The molecule has 0 aromatic heterocycles. The lowest BCUT2D eigenvalue weighted by Crippen LogP contribution is -2.55. The molecule has 4 heteroatoms. The van der Waals surface area contributed by atoms with Crippen LogP contribution in [0.1, 0.15) is 18.9 Å². The Labute approximate surface area is 114 Å². The van der Waals surface area contributed by atoms with Crippen molar-refractivity contribution in [3.8, 4) is 0 Å². The van der Waals surface area contributed by atoms with Gasteiger partial charge in [0, 0.05) is 31.7 Å². The van der Waals surface area contributed by atoms with Crippen LogP contribution in [0.15, 0.2) is 30.3 Å². The number of carbonyl (C=O) groups is 1. The fourth-order valence-electron chi connectivity index (χ4n) is 2.73. The van der Waals surface area contributed by atoms with Gasteiger partial charge in [0.2, 0.25) is 0 Å². The first-order chi connectivity index (χ1) is 9.06. The summed E-state index contributed by atoms with van der Waals surface area (Å²) < 4.78 is 0. The van der Waals surface area contributed by atoms with Crippen molar-refractivity contribution in [1.82, 2.24) is 9.80 Å². The van der Waals surface area contributed by atoms with Crippen molar-refractivity contribution in [1.29, 1.82) is 0 Å². The largest absolute Gasteiger partial charge is 0.481 e. The summed E-state index contributed by atoms with van der Waals surface area (Å²) in [4.78, 5) is 15.5. The predicted octanol–water partition coefficient (Wildman–Crippen LogP) is 1.67. The zero-order chi connectivity index (χ0) is 13.8. The number of likely N-dealkylation sites (N-methyl/N-ethyl adjacent to an activating group) is 1. The van der Waals surface area contributed by atoms with E-state index in [0.29, 0.717) is 6.04 Å². The van der Waals surface area contributed by atoms with Gasteiger partial charge in [0.05, 0.1) is 6.42 Å². The van der Waals surface area contributed by atoms with Gasteiger partial charge in [-0.25, -0.2) is 0 Å². The van der Waals surface area contributed by atoms with Crippen molar-refractivity contribution >= 4 is 5.97 Å². The molecule has 1 heterocycles. The van der Waals surface area contributed by atoms with Gasteiger partial charge in [-0.15, -0.1) is 0 Å². The molecule has 2 atom stereocenters. The van der Waals surface area contributed by atoms with Gasteiger partial charge in [-0.1, -0.05) is 30.3 Å². The molecule has 1 aromatic carbocycles. The van der Waals surface area contributed by atoms with Gasteiger partial charge < -0.3 is 10.0 Å². The summed E-state index contributed by atoms with van der Waals surface area (Å²) in [5.41, 5.74) is 1.29. The number of rotatable bonds is 4. The molecule has 0 spiro atoms. The number of carboxylic acids is 1. The first kappa shape index (κ1) is 14.0. The minimum atomic E-state index is -0.717. The van der Waals surface area contributed by atoms with E-state index in [-0.39, 0.29) is 12.5 Å². The summed E-state index contributed by atoms with van der Waals surface area (Å²) in [6.45, 7) is 4.84. The highest BCUT2D eigenvalue weighted by Crippen LogP contribution is 2.18. The lowest BCUT2D eigenvalue weighted by molar-refractivity contribution is -0.139. The summed E-state index contributed by atoms with van der Waals surface area (Å²) >= 11 is 0. The molecular weight excluding hydrogens is 240 g/mol. The number of carboxylic acid groups (broad SMARTS) is 1. The average Bonchev–Trinajstić information content (AvgIpc) is 2.36. The van der Waals surface area contributed by atoms with E-state index in [1.54, 1.807) is 0 Å². The lowest BCUT2D eigenvalue weighted by atomic mass is 10.0. The summed E-state index contributed by atoms with van der Waals surface area (Å²) in [5, 5.41) is 8.98. The van der Waals surface area contributed by atoms with Gasteiger partial charge in [0.25, 0.3) is 0 Å². The van der Waals surface area contributed by atoms with Crippen LogP contribution in [-0.2, 0) is 11.3 Å². The van der Waals surface area contributed by atoms with Crippen LogP contribution in [0.2, 0.25) is 0 Å². The van der Waals surface area contributed by atoms with E-state index in [9.17, 15) is 4.79 Å². The van der Waals surface area contributed by atoms with Crippen LogP contribution in [-0.4, -0.2) is 53.1 Å². The maximum Gasteiger partial charge on any atom is 0.304 e. The molecular formula is C15H22N2O2. The normalized spacial score (nSPS) is 25.4. The summed E-state index contributed by atoms with van der Waals surface area (Å²) in [6, 6.07) is 10.9. The monoisotopic (exact) mass is 262 g/mol. The topological polar surface area (TPSA) is 43.8 Å². The van der Waals surface area contributed by atoms with Gasteiger partial charge >= 0.3 is 5.97 Å². The Morgan fingerprint density at radius 2 is 2.00 bits per heavy atom. The Balaban J connectivity index is 2.01. The minimum Gasteiger partial charge on any atom is -0.481 e. The fraction of sp³-hybridized carbons (Fsp3) is 0.533. The molecule has 0 unspecified atom stereocenters. The van der Waals surface area contributed by atoms with E-state index in [2.05, 4.69) is 28.9 Å². The van der Waals surface area contributed by atoms with Gasteiger partial charge in [0.1, 0.15) is 0 Å². The summed E-state index contributed by atoms with van der Waals surface area (Å²) in [7, 11) is 2.02. The Morgan fingerprint density at radius 1 is 1.32 bits per heavy atom. The number of aliphatic carboxylic acids is 1. The van der Waals surface area contributed by atoms with Crippen LogP contribution >= 0.6 is 0 Å². The Kier molecular flexibility index (Phi) is 4.56. The van der Waals surface area contributed by atoms with E-state index < -0.39 is 5.97 Å². The van der Waals surface area contributed by atoms with Gasteiger partial charge in [-0.3, -0.25) is 9.69 Å². The molecule has 19 heavy (non-hydrogen) atoms. The van der Waals surface area contributed by atoms with Crippen molar-refractivity contribution in [2.75, 3.05) is 20.1 Å². The van der Waals surface area contributed by atoms with Crippen molar-refractivity contribution in [2.45, 2.75) is 32.0 Å². The first-order valence-corrected chi connectivity index (χ1v) is 6.76. The smallest absolute Gasteiger partial charge is 0.304 e. The zero-order valence-electron chi connectivity index (χ0n) is 11.6. The van der Waals surface area contributed by atoms with Crippen LogP contribution in [0.25, 0.3) is 0 Å². The Hall–Kier alpha value is -1.39. The van der Waals surface area contributed by atoms with Crippen LogP contribution in [0.4, 0.5) is 0 Å². The maximum atomic E-state index is 10.9. The third-order valence-corrected chi connectivity index (χ3v) is 3.88. The Morgan fingerprint density at radius 3 is 2.63 bits per heavy atom. The van der Waals surface area contributed by atoms with Crippen molar-refractivity contribution in [3.63, 3.8) is 0 Å². The minimum absolute atomic E-state index is 0.109. The quantitative estimate of drug-likeness (QED) is 0.896. The van der Waals surface area contributed by atoms with E-state index in [4.69, 9.17) is 5.11 Å². The highest BCUT2D eigenvalue weighted by atomic mass is 16.4. The molecule has 1 N–H and O–H groups in total. The highest BCUT2D eigenvalue weighted by molar-refractivity contribution is 5.67. The van der Waals surface area contributed by atoms with Crippen LogP contribution < -0.4 is 0 Å². The van der Waals surface area contributed by atoms with Crippen molar-refractivity contribution < 1.29 is 9.90 Å². The zero-order valence-corrected chi connectivity index (χ0v) is 11.6. The lowest BCUT2D eigenvalue weighted by Gasteiger charge is -2.43. The molecule has 0 radical (unpaired) electrons. The standard InChI is InChI=1S/C15H22N2O2/c1-12-9-16(2)14(8-15(18)19)11-17(12)10-13-6-4-3-5-7-13/h3-7,12,14H,8-11H2,1-2H3,(H,18,19)/t12-,14+/m0/s1.